The number of para-hydroxylation sites is 2. The number of ketones is 1. The molecule has 0 atom stereocenters. The molecule has 1 aliphatic rings. The number of amides is 1. The van der Waals surface area contributed by atoms with Gasteiger partial charge in [0.25, 0.3) is 0 Å². The molecule has 0 bridgehead atoms. The van der Waals surface area contributed by atoms with E-state index < -0.39 is 0 Å². The molecule has 36 heavy (non-hydrogen) atoms. The molecule has 4 aromatic rings. The first kappa shape index (κ1) is 24.0. The number of hydrogen-bond donors (Lipinski definition) is 2. The Morgan fingerprint density at radius 1 is 0.778 bits per heavy atom. The minimum atomic E-state index is 0.00298. The number of hydrogen-bond acceptors (Lipinski definition) is 4. The Bertz CT molecular complexity index is 1360. The van der Waals surface area contributed by atoms with Crippen LogP contribution in [0.5, 0.6) is 0 Å². The maximum Gasteiger partial charge on any atom is 0.238 e. The van der Waals surface area contributed by atoms with Gasteiger partial charge in [-0.3, -0.25) is 19.4 Å². The van der Waals surface area contributed by atoms with E-state index in [9.17, 15) is 9.59 Å². The maximum absolute atomic E-state index is 13.6. The van der Waals surface area contributed by atoms with Crippen LogP contribution in [-0.2, 0) is 4.79 Å². The summed E-state index contributed by atoms with van der Waals surface area (Å²) >= 11 is 0. The fraction of sp³-hybridized carbons (Fsp3) is 0.267. The predicted octanol–water partition coefficient (Wildman–Crippen LogP) is 4.89. The minimum absolute atomic E-state index is 0.00298. The summed E-state index contributed by atoms with van der Waals surface area (Å²) in [5.74, 6) is 0.121. The van der Waals surface area contributed by atoms with Crippen LogP contribution in [0.25, 0.3) is 22.2 Å². The normalized spacial score (nSPS) is 14.7. The van der Waals surface area contributed by atoms with Crippen molar-refractivity contribution in [3.05, 3.63) is 89.5 Å². The van der Waals surface area contributed by atoms with Crippen molar-refractivity contribution in [1.82, 2.24) is 14.8 Å². The van der Waals surface area contributed by atoms with Gasteiger partial charge in [-0.1, -0.05) is 66.7 Å². The highest BCUT2D eigenvalue weighted by molar-refractivity contribution is 6.14. The van der Waals surface area contributed by atoms with Crippen LogP contribution in [0.3, 0.4) is 0 Å². The summed E-state index contributed by atoms with van der Waals surface area (Å²) in [5.41, 5.74) is 6.66. The van der Waals surface area contributed by atoms with Crippen molar-refractivity contribution in [2.75, 3.05) is 44.6 Å². The van der Waals surface area contributed by atoms with E-state index in [1.54, 1.807) is 0 Å². The van der Waals surface area contributed by atoms with Gasteiger partial charge in [0.1, 0.15) is 0 Å². The first-order valence-electron chi connectivity index (χ1n) is 12.5. The van der Waals surface area contributed by atoms with Crippen molar-refractivity contribution in [2.45, 2.75) is 13.8 Å². The van der Waals surface area contributed by atoms with Crippen LogP contribution in [0.15, 0.2) is 72.8 Å². The Balaban J connectivity index is 1.22. The van der Waals surface area contributed by atoms with E-state index >= 15 is 0 Å². The summed E-state index contributed by atoms with van der Waals surface area (Å²) in [6.07, 6.45) is 0. The van der Waals surface area contributed by atoms with Crippen molar-refractivity contribution < 1.29 is 9.59 Å². The zero-order chi connectivity index (χ0) is 25.1. The van der Waals surface area contributed by atoms with Gasteiger partial charge in [-0.2, -0.15) is 0 Å². The molecular formula is C30H32N4O2. The number of aromatic nitrogens is 1. The van der Waals surface area contributed by atoms with E-state index in [4.69, 9.17) is 0 Å². The van der Waals surface area contributed by atoms with Gasteiger partial charge in [0.15, 0.2) is 5.78 Å². The van der Waals surface area contributed by atoms with E-state index in [2.05, 4.69) is 20.1 Å². The molecule has 1 aromatic heterocycles. The van der Waals surface area contributed by atoms with Crippen LogP contribution in [0.2, 0.25) is 0 Å². The van der Waals surface area contributed by atoms with Gasteiger partial charge in [-0.05, 0) is 36.6 Å². The number of H-pyrrole nitrogens is 1. The number of carbonyl (C=O) groups excluding carboxylic acids is 2. The zero-order valence-corrected chi connectivity index (χ0v) is 20.9. The lowest BCUT2D eigenvalue weighted by atomic mass is 10.0. The Labute approximate surface area is 211 Å². The number of piperazine rings is 1. The molecule has 2 N–H and O–H groups in total. The van der Waals surface area contributed by atoms with Gasteiger partial charge in [-0.25, -0.2) is 0 Å². The molecule has 6 heteroatoms. The average Bonchev–Trinajstić information content (AvgIpc) is 3.28. The molecule has 1 aliphatic heterocycles. The number of nitrogens with one attached hydrogen (secondary N) is 2. The van der Waals surface area contributed by atoms with Gasteiger partial charge in [0.2, 0.25) is 5.91 Å². The van der Waals surface area contributed by atoms with Crippen molar-refractivity contribution in [2.24, 2.45) is 0 Å². The summed E-state index contributed by atoms with van der Waals surface area (Å²) in [5, 5.41) is 4.04. The molecule has 0 radical (unpaired) electrons. The van der Waals surface area contributed by atoms with Crippen LogP contribution in [0.1, 0.15) is 21.5 Å². The van der Waals surface area contributed by atoms with Gasteiger partial charge < -0.3 is 10.3 Å². The number of rotatable bonds is 7. The SMILES string of the molecule is Cc1cccc(C)c1NC(=O)CN1CCN(CC(=O)c2c(-c3ccccc3)[nH]c3ccccc23)CC1. The van der Waals surface area contributed by atoms with Gasteiger partial charge in [-0.15, -0.1) is 0 Å². The summed E-state index contributed by atoms with van der Waals surface area (Å²) in [6, 6.07) is 24.0. The number of carbonyl (C=O) groups is 2. The number of aryl methyl sites for hydroxylation is 2. The molecule has 1 saturated heterocycles. The molecule has 0 unspecified atom stereocenters. The second-order valence-electron chi connectivity index (χ2n) is 9.58. The fourth-order valence-electron chi connectivity index (χ4n) is 5.03. The van der Waals surface area contributed by atoms with Crippen LogP contribution >= 0.6 is 0 Å². The van der Waals surface area contributed by atoms with Gasteiger partial charge >= 0.3 is 0 Å². The van der Waals surface area contributed by atoms with Crippen molar-refractivity contribution in [3.8, 4) is 11.3 Å². The minimum Gasteiger partial charge on any atom is -0.354 e. The number of Topliss-reactive ketones (excluding diaryl/α,β-unsaturated/α-hetero) is 1. The lowest BCUT2D eigenvalue weighted by molar-refractivity contribution is -0.117. The summed E-state index contributed by atoms with van der Waals surface area (Å²) < 4.78 is 0. The van der Waals surface area contributed by atoms with Crippen LogP contribution in [-0.4, -0.2) is 65.7 Å². The quantitative estimate of drug-likeness (QED) is 0.370. The summed E-state index contributed by atoms with van der Waals surface area (Å²) in [4.78, 5) is 34.1. The number of aromatic amines is 1. The molecule has 0 spiro atoms. The Hall–Kier alpha value is -3.74. The Morgan fingerprint density at radius 2 is 1.39 bits per heavy atom. The monoisotopic (exact) mass is 480 g/mol. The van der Waals surface area contributed by atoms with E-state index in [1.807, 2.05) is 86.6 Å². The smallest absolute Gasteiger partial charge is 0.238 e. The number of fused-ring (bicyclic) bond motifs is 1. The summed E-state index contributed by atoms with van der Waals surface area (Å²) in [6.45, 7) is 7.77. The van der Waals surface area contributed by atoms with Gasteiger partial charge in [0, 0.05) is 42.8 Å². The highest BCUT2D eigenvalue weighted by atomic mass is 16.2. The van der Waals surface area contributed by atoms with Gasteiger partial charge in [0.05, 0.1) is 24.3 Å². The number of anilines is 1. The van der Waals surface area contributed by atoms with E-state index in [0.717, 1.165) is 70.7 Å². The Kier molecular flexibility index (Phi) is 6.98. The molecule has 0 aliphatic carbocycles. The predicted molar refractivity (Wildman–Crippen MR) is 145 cm³/mol. The molecule has 2 heterocycles. The molecule has 0 saturated carbocycles. The first-order valence-corrected chi connectivity index (χ1v) is 12.5. The third-order valence-electron chi connectivity index (χ3n) is 6.99. The third kappa shape index (κ3) is 5.10. The van der Waals surface area contributed by atoms with E-state index in [-0.39, 0.29) is 11.7 Å². The van der Waals surface area contributed by atoms with E-state index in [1.165, 1.54) is 0 Å². The Morgan fingerprint density at radius 3 is 2.08 bits per heavy atom. The fourth-order valence-corrected chi connectivity index (χ4v) is 5.03. The lowest BCUT2D eigenvalue weighted by Crippen LogP contribution is -2.49. The molecule has 6 nitrogen and oxygen atoms in total. The highest BCUT2D eigenvalue weighted by Gasteiger charge is 2.25. The van der Waals surface area contributed by atoms with Crippen molar-refractivity contribution in [1.29, 1.82) is 0 Å². The van der Waals surface area contributed by atoms with Crippen LogP contribution in [0.4, 0.5) is 5.69 Å². The molecule has 5 rings (SSSR count). The molecule has 1 amide bonds. The largest absolute Gasteiger partial charge is 0.354 e. The standard InChI is InChI=1S/C30H32N4O2/c1-21-9-8-10-22(2)29(21)32-27(36)20-34-17-15-33(16-18-34)19-26(35)28-24-13-6-7-14-25(24)31-30(28)23-11-4-3-5-12-23/h3-14,31H,15-20H2,1-2H3,(H,32,36). The molecule has 1 fully saturated rings. The molecular weight excluding hydrogens is 448 g/mol. The second kappa shape index (κ2) is 10.5. The topological polar surface area (TPSA) is 68.4 Å². The van der Waals surface area contributed by atoms with Crippen LogP contribution < -0.4 is 5.32 Å². The number of benzene rings is 3. The second-order valence-corrected chi connectivity index (χ2v) is 9.58. The third-order valence-corrected chi connectivity index (χ3v) is 6.99. The maximum atomic E-state index is 13.6. The molecule has 184 valence electrons. The zero-order valence-electron chi connectivity index (χ0n) is 20.9. The molecule has 3 aromatic carbocycles. The summed E-state index contributed by atoms with van der Waals surface area (Å²) in [7, 11) is 0. The number of nitrogens with zero attached hydrogens (tertiary/aromatic N) is 2. The highest BCUT2D eigenvalue weighted by Crippen LogP contribution is 2.31. The van der Waals surface area contributed by atoms with Crippen LogP contribution in [0, 0.1) is 13.8 Å². The first-order chi connectivity index (χ1) is 17.5. The lowest BCUT2D eigenvalue weighted by Gasteiger charge is -2.34. The average molecular weight is 481 g/mol. The van der Waals surface area contributed by atoms with Crippen molar-refractivity contribution in [3.63, 3.8) is 0 Å². The van der Waals surface area contributed by atoms with E-state index in [0.29, 0.717) is 13.1 Å². The van der Waals surface area contributed by atoms with Crippen molar-refractivity contribution >= 4 is 28.3 Å².